The smallest absolute Gasteiger partial charge is 0.242 e. The Morgan fingerprint density at radius 2 is 1.70 bits per heavy atom. The highest BCUT2D eigenvalue weighted by Gasteiger charge is 1.83. The van der Waals surface area contributed by atoms with Gasteiger partial charge in [0, 0.05) is 6.08 Å². The van der Waals surface area contributed by atoms with Gasteiger partial charge in [-0.15, -0.1) is 0 Å². The molecule has 0 spiro atoms. The Bertz CT molecular complexity index is 176. The third-order valence-electron chi connectivity index (χ3n) is 0.758. The van der Waals surface area contributed by atoms with Crippen molar-refractivity contribution in [2.45, 2.75) is 6.92 Å². The number of carbonyl (C=O) groups is 1. The first-order chi connectivity index (χ1) is 4.77. The second kappa shape index (κ2) is 5.82. The van der Waals surface area contributed by atoms with Crippen LogP contribution in [0.15, 0.2) is 36.5 Å². The molecule has 0 aromatic rings. The Labute approximate surface area is 60.2 Å². The van der Waals surface area contributed by atoms with Crippen LogP contribution in [0.4, 0.5) is 0 Å². The van der Waals surface area contributed by atoms with Crippen LogP contribution in [0, 0.1) is 0 Å². The molecule has 0 saturated heterocycles. The molecule has 0 heterocycles. The van der Waals surface area contributed by atoms with E-state index in [-0.39, 0.29) is 0 Å². The molecule has 10 heavy (non-hydrogen) atoms. The first-order valence-corrected chi connectivity index (χ1v) is 2.94. The van der Waals surface area contributed by atoms with Crippen LogP contribution >= 0.6 is 0 Å². The quantitative estimate of drug-likeness (QED) is 0.430. The summed E-state index contributed by atoms with van der Waals surface area (Å²) >= 11 is 0. The molecule has 0 unspecified atom stereocenters. The molecule has 0 fully saturated rings. The zero-order chi connectivity index (χ0) is 7.82. The van der Waals surface area contributed by atoms with E-state index in [1.165, 1.54) is 6.08 Å². The number of hydrogen-bond donors (Lipinski definition) is 0. The predicted octanol–water partition coefficient (Wildman–Crippen LogP) is 1.63. The Kier molecular flexibility index (Phi) is 5.06. The monoisotopic (exact) mass is 137 g/mol. The molecule has 2 heteroatoms. The molecular formula is C8H9O2. The lowest BCUT2D eigenvalue weighted by Gasteiger charge is -1.70. The van der Waals surface area contributed by atoms with Crippen LogP contribution in [-0.4, -0.2) is 5.97 Å². The molecule has 0 amide bonds. The molecule has 0 aromatic carbocycles. The van der Waals surface area contributed by atoms with Crippen LogP contribution in [0.25, 0.3) is 0 Å². The minimum absolute atomic E-state index is 0.972. The van der Waals surface area contributed by atoms with Crippen molar-refractivity contribution in [1.29, 1.82) is 0 Å². The van der Waals surface area contributed by atoms with Gasteiger partial charge in [0.2, 0.25) is 0 Å². The van der Waals surface area contributed by atoms with Gasteiger partial charge in [-0.25, -0.2) is 9.90 Å². The van der Waals surface area contributed by atoms with E-state index in [2.05, 4.69) is 0 Å². The highest BCUT2D eigenvalue weighted by atomic mass is 16.4. The minimum Gasteiger partial charge on any atom is -0.242 e. The third kappa shape index (κ3) is 6.69. The molecule has 0 aromatic heterocycles. The Hall–Kier alpha value is -1.31. The molecule has 0 bridgehead atoms. The number of rotatable bonds is 3. The van der Waals surface area contributed by atoms with E-state index in [1.807, 2.05) is 13.0 Å². The van der Waals surface area contributed by atoms with Crippen LogP contribution in [0.5, 0.6) is 0 Å². The molecule has 0 aliphatic carbocycles. The van der Waals surface area contributed by atoms with E-state index in [0.717, 1.165) is 6.08 Å². The number of carbonyl (C=O) groups excluding carboxylic acids is 1. The number of hydrogen-bond acceptors (Lipinski definition) is 1. The van der Waals surface area contributed by atoms with Gasteiger partial charge in [-0.2, -0.15) is 0 Å². The first kappa shape index (κ1) is 8.69. The largest absolute Gasteiger partial charge is 0.379 e. The summed E-state index contributed by atoms with van der Waals surface area (Å²) in [6, 6.07) is 0. The molecule has 0 atom stereocenters. The topological polar surface area (TPSA) is 37.0 Å². The summed E-state index contributed by atoms with van der Waals surface area (Å²) in [5.74, 6) is -1.18. The SMILES string of the molecule is CC=CC=CC=CC([O])=O. The summed E-state index contributed by atoms with van der Waals surface area (Å²) < 4.78 is 0. The average Bonchev–Trinajstić information content (AvgIpc) is 1.87. The predicted molar refractivity (Wildman–Crippen MR) is 38.8 cm³/mol. The van der Waals surface area contributed by atoms with Gasteiger partial charge in [0.25, 0.3) is 0 Å². The lowest BCUT2D eigenvalue weighted by atomic mass is 10.4. The molecule has 53 valence electrons. The summed E-state index contributed by atoms with van der Waals surface area (Å²) in [7, 11) is 0. The summed E-state index contributed by atoms with van der Waals surface area (Å²) in [5.41, 5.74) is 0. The van der Waals surface area contributed by atoms with Gasteiger partial charge in [0.1, 0.15) is 0 Å². The van der Waals surface area contributed by atoms with Crippen LogP contribution in [0.3, 0.4) is 0 Å². The van der Waals surface area contributed by atoms with E-state index < -0.39 is 5.97 Å². The third-order valence-corrected chi connectivity index (χ3v) is 0.758. The van der Waals surface area contributed by atoms with Crippen LogP contribution < -0.4 is 0 Å². The zero-order valence-electron chi connectivity index (χ0n) is 5.78. The average molecular weight is 137 g/mol. The van der Waals surface area contributed by atoms with Crippen LogP contribution in [0.1, 0.15) is 6.92 Å². The molecule has 2 nitrogen and oxygen atoms in total. The van der Waals surface area contributed by atoms with E-state index in [9.17, 15) is 9.90 Å². The van der Waals surface area contributed by atoms with Gasteiger partial charge in [-0.05, 0) is 6.92 Å². The molecule has 0 N–H and O–H groups in total. The minimum atomic E-state index is -1.18. The fourth-order valence-electron chi connectivity index (χ4n) is 0.374. The summed E-state index contributed by atoms with van der Waals surface area (Å²) in [5, 5.41) is 9.78. The fraction of sp³-hybridized carbons (Fsp3) is 0.125. The molecule has 1 radical (unpaired) electrons. The van der Waals surface area contributed by atoms with Gasteiger partial charge < -0.3 is 0 Å². The second-order valence-corrected chi connectivity index (χ2v) is 1.59. The van der Waals surface area contributed by atoms with Crippen molar-refractivity contribution in [1.82, 2.24) is 0 Å². The van der Waals surface area contributed by atoms with E-state index in [4.69, 9.17) is 0 Å². The summed E-state index contributed by atoms with van der Waals surface area (Å²) in [6.45, 7) is 1.88. The maximum Gasteiger partial charge on any atom is 0.379 e. The molecule has 0 aliphatic heterocycles. The fourth-order valence-corrected chi connectivity index (χ4v) is 0.374. The van der Waals surface area contributed by atoms with Gasteiger partial charge in [-0.3, -0.25) is 0 Å². The second-order valence-electron chi connectivity index (χ2n) is 1.59. The maximum atomic E-state index is 9.78. The van der Waals surface area contributed by atoms with Crippen LogP contribution in [0.2, 0.25) is 0 Å². The zero-order valence-corrected chi connectivity index (χ0v) is 5.78. The van der Waals surface area contributed by atoms with Crippen molar-refractivity contribution in [2.75, 3.05) is 0 Å². The highest BCUT2D eigenvalue weighted by Crippen LogP contribution is 1.79. The van der Waals surface area contributed by atoms with Crippen molar-refractivity contribution >= 4 is 5.97 Å². The summed E-state index contributed by atoms with van der Waals surface area (Å²) in [4.78, 5) is 9.78. The molecule has 0 aliphatic rings. The number of allylic oxidation sites excluding steroid dienone is 5. The van der Waals surface area contributed by atoms with Gasteiger partial charge in [-0.1, -0.05) is 30.4 Å². The lowest BCUT2D eigenvalue weighted by molar-refractivity contribution is -0.137. The molecular weight excluding hydrogens is 128 g/mol. The Morgan fingerprint density at radius 1 is 1.10 bits per heavy atom. The van der Waals surface area contributed by atoms with E-state index in [1.54, 1.807) is 18.2 Å². The maximum absolute atomic E-state index is 9.78. The van der Waals surface area contributed by atoms with Crippen molar-refractivity contribution in [3.63, 3.8) is 0 Å². The van der Waals surface area contributed by atoms with Crippen LogP contribution in [-0.2, 0) is 9.90 Å². The van der Waals surface area contributed by atoms with Gasteiger partial charge in [0.05, 0.1) is 0 Å². The van der Waals surface area contributed by atoms with Crippen molar-refractivity contribution in [3.8, 4) is 0 Å². The van der Waals surface area contributed by atoms with Crippen molar-refractivity contribution in [3.05, 3.63) is 36.5 Å². The Balaban J connectivity index is 3.62. The van der Waals surface area contributed by atoms with E-state index >= 15 is 0 Å². The van der Waals surface area contributed by atoms with E-state index in [0.29, 0.717) is 0 Å². The molecule has 0 saturated carbocycles. The molecule has 0 rings (SSSR count). The standard InChI is InChI=1S/C8H9O2/c1-2-3-4-5-6-7-8(9)10/h2-7H,1H3. The lowest BCUT2D eigenvalue weighted by Crippen LogP contribution is -1.80. The van der Waals surface area contributed by atoms with Crippen molar-refractivity contribution in [2.24, 2.45) is 0 Å². The highest BCUT2D eigenvalue weighted by molar-refractivity contribution is 5.79. The van der Waals surface area contributed by atoms with Gasteiger partial charge >= 0.3 is 5.97 Å². The normalized spacial score (nSPS) is 12.1. The first-order valence-electron chi connectivity index (χ1n) is 2.94. The summed E-state index contributed by atoms with van der Waals surface area (Å²) in [6.07, 6.45) is 9.40. The Morgan fingerprint density at radius 3 is 2.20 bits per heavy atom. The van der Waals surface area contributed by atoms with Crippen molar-refractivity contribution < 1.29 is 9.90 Å². The van der Waals surface area contributed by atoms with Gasteiger partial charge in [0.15, 0.2) is 0 Å².